The summed E-state index contributed by atoms with van der Waals surface area (Å²) < 4.78 is 0. The molecule has 1 aliphatic heterocycles. The Morgan fingerprint density at radius 3 is 2.90 bits per heavy atom. The van der Waals surface area contributed by atoms with Crippen LogP contribution in [-0.4, -0.2) is 40.5 Å². The van der Waals surface area contributed by atoms with Gasteiger partial charge in [0.1, 0.15) is 0 Å². The van der Waals surface area contributed by atoms with Crippen LogP contribution in [0.4, 0.5) is 10.5 Å². The van der Waals surface area contributed by atoms with Gasteiger partial charge in [-0.3, -0.25) is 0 Å². The number of hydrogen-bond donors (Lipinski definition) is 2. The number of carbonyl (C=O) groups excluding carboxylic acids is 1. The second kappa shape index (κ2) is 6.70. The molecule has 0 aromatic heterocycles. The summed E-state index contributed by atoms with van der Waals surface area (Å²) in [5.74, 6) is 0. The Bertz CT molecular complexity index is 496. The lowest BCUT2D eigenvalue weighted by Crippen LogP contribution is -2.33. The van der Waals surface area contributed by atoms with E-state index in [-0.39, 0.29) is 6.03 Å². The maximum atomic E-state index is 12.2. The lowest BCUT2D eigenvalue weighted by Gasteiger charge is -2.19. The van der Waals surface area contributed by atoms with Crippen LogP contribution in [0.25, 0.3) is 0 Å². The smallest absolute Gasteiger partial charge is 0.321 e. The van der Waals surface area contributed by atoms with Gasteiger partial charge in [0.2, 0.25) is 0 Å². The number of likely N-dealkylation sites (tertiary alicyclic amines) is 1. The molecule has 0 spiro atoms. The zero-order valence-electron chi connectivity index (χ0n) is 11.6. The molecule has 0 radical (unpaired) electrons. The van der Waals surface area contributed by atoms with Crippen molar-refractivity contribution < 1.29 is 9.90 Å². The first-order valence-corrected chi connectivity index (χ1v) is 7.92. The van der Waals surface area contributed by atoms with Crippen molar-refractivity contribution in [2.45, 2.75) is 36.5 Å². The van der Waals surface area contributed by atoms with Crippen molar-refractivity contribution in [1.82, 2.24) is 4.90 Å². The molecule has 1 fully saturated rings. The van der Waals surface area contributed by atoms with Gasteiger partial charge in [0.25, 0.3) is 0 Å². The maximum absolute atomic E-state index is 12.2. The predicted octanol–water partition coefficient (Wildman–Crippen LogP) is 3.44. The van der Waals surface area contributed by atoms with E-state index in [1.54, 1.807) is 16.7 Å². The average Bonchev–Trinajstić information content (AvgIpc) is 2.80. The Labute approximate surface area is 128 Å². The van der Waals surface area contributed by atoms with E-state index in [4.69, 9.17) is 11.6 Å². The minimum atomic E-state index is -0.412. The molecule has 1 aliphatic rings. The van der Waals surface area contributed by atoms with Gasteiger partial charge in [-0.2, -0.15) is 0 Å². The molecule has 1 aromatic rings. The highest BCUT2D eigenvalue weighted by atomic mass is 35.5. The number of aliphatic hydroxyl groups is 1. The van der Waals surface area contributed by atoms with E-state index in [9.17, 15) is 9.90 Å². The van der Waals surface area contributed by atoms with Crippen LogP contribution in [-0.2, 0) is 0 Å². The number of thioether (sulfide) groups is 1. The number of hydrogen-bond acceptors (Lipinski definition) is 3. The number of carbonyl (C=O) groups is 1. The fourth-order valence-electron chi connectivity index (χ4n) is 2.08. The summed E-state index contributed by atoms with van der Waals surface area (Å²) in [7, 11) is 0. The van der Waals surface area contributed by atoms with Gasteiger partial charge in [0, 0.05) is 23.2 Å². The molecular weight excluding hydrogens is 296 g/mol. The van der Waals surface area contributed by atoms with E-state index in [2.05, 4.69) is 19.2 Å². The summed E-state index contributed by atoms with van der Waals surface area (Å²) in [5, 5.41) is 13.4. The normalized spacial score (nSPS) is 18.6. The summed E-state index contributed by atoms with van der Waals surface area (Å²) in [6.45, 7) is 5.13. The van der Waals surface area contributed by atoms with E-state index in [1.807, 2.05) is 18.2 Å². The molecule has 6 heteroatoms. The Morgan fingerprint density at radius 1 is 1.55 bits per heavy atom. The SMILES string of the molecule is CC(C)Sc1c(Cl)cccc1NC(=O)N1CC[C@@H](O)C1. The van der Waals surface area contributed by atoms with Crippen molar-refractivity contribution in [2.75, 3.05) is 18.4 Å². The molecule has 1 heterocycles. The summed E-state index contributed by atoms with van der Waals surface area (Å²) in [6.07, 6.45) is 0.223. The highest BCUT2D eigenvalue weighted by Crippen LogP contribution is 2.36. The van der Waals surface area contributed by atoms with Crippen molar-refractivity contribution in [3.63, 3.8) is 0 Å². The number of rotatable bonds is 3. The first kappa shape index (κ1) is 15.5. The Hall–Kier alpha value is -0.910. The standard InChI is InChI=1S/C14H19ClN2O2S/c1-9(2)20-13-11(15)4-3-5-12(13)16-14(19)17-7-6-10(18)8-17/h3-5,9-10,18H,6-8H2,1-2H3,(H,16,19)/t10-/m1/s1. The van der Waals surface area contributed by atoms with Crippen molar-refractivity contribution in [3.05, 3.63) is 23.2 Å². The Balaban J connectivity index is 2.12. The van der Waals surface area contributed by atoms with Gasteiger partial charge >= 0.3 is 6.03 Å². The Kier molecular flexibility index (Phi) is 5.18. The van der Waals surface area contributed by atoms with E-state index < -0.39 is 6.10 Å². The van der Waals surface area contributed by atoms with Gasteiger partial charge in [-0.05, 0) is 18.6 Å². The lowest BCUT2D eigenvalue weighted by atomic mass is 10.3. The average molecular weight is 315 g/mol. The molecule has 4 nitrogen and oxygen atoms in total. The second-order valence-electron chi connectivity index (χ2n) is 5.10. The fourth-order valence-corrected chi connectivity index (χ4v) is 3.29. The summed E-state index contributed by atoms with van der Waals surface area (Å²) >= 11 is 7.84. The van der Waals surface area contributed by atoms with Gasteiger partial charge in [0.05, 0.1) is 16.8 Å². The number of β-amino-alcohol motifs (C(OH)–C–C–N with tert-alkyl or cyclic N) is 1. The van der Waals surface area contributed by atoms with Crippen LogP contribution in [0.5, 0.6) is 0 Å². The molecule has 20 heavy (non-hydrogen) atoms. The zero-order chi connectivity index (χ0) is 14.7. The van der Waals surface area contributed by atoms with Crippen LogP contribution in [0, 0.1) is 0 Å². The van der Waals surface area contributed by atoms with Crippen LogP contribution < -0.4 is 5.32 Å². The second-order valence-corrected chi connectivity index (χ2v) is 7.10. The van der Waals surface area contributed by atoms with E-state index in [0.717, 1.165) is 10.6 Å². The summed E-state index contributed by atoms with van der Waals surface area (Å²) in [5.41, 5.74) is 0.725. The molecule has 2 rings (SSSR count). The highest BCUT2D eigenvalue weighted by Gasteiger charge is 2.25. The maximum Gasteiger partial charge on any atom is 0.321 e. The van der Waals surface area contributed by atoms with Crippen LogP contribution >= 0.6 is 23.4 Å². The third-order valence-corrected chi connectivity index (χ3v) is 4.59. The molecule has 2 amide bonds. The largest absolute Gasteiger partial charge is 0.391 e. The van der Waals surface area contributed by atoms with Crippen molar-refractivity contribution >= 4 is 35.1 Å². The number of nitrogens with zero attached hydrogens (tertiary/aromatic N) is 1. The zero-order valence-corrected chi connectivity index (χ0v) is 13.2. The van der Waals surface area contributed by atoms with Gasteiger partial charge < -0.3 is 15.3 Å². The topological polar surface area (TPSA) is 52.6 Å². The van der Waals surface area contributed by atoms with Gasteiger partial charge in [-0.15, -0.1) is 11.8 Å². The minimum absolute atomic E-state index is 0.186. The van der Waals surface area contributed by atoms with Crippen LogP contribution in [0.2, 0.25) is 5.02 Å². The quantitative estimate of drug-likeness (QED) is 0.840. The fraction of sp³-hybridized carbons (Fsp3) is 0.500. The first-order chi connectivity index (χ1) is 9.47. The van der Waals surface area contributed by atoms with Gasteiger partial charge in [0.15, 0.2) is 0 Å². The molecular formula is C14H19ClN2O2S. The number of halogens is 1. The van der Waals surface area contributed by atoms with Crippen molar-refractivity contribution in [2.24, 2.45) is 0 Å². The highest BCUT2D eigenvalue weighted by molar-refractivity contribution is 8.00. The number of aliphatic hydroxyl groups excluding tert-OH is 1. The van der Waals surface area contributed by atoms with Gasteiger partial charge in [-0.25, -0.2) is 4.79 Å². The molecule has 2 N–H and O–H groups in total. The Morgan fingerprint density at radius 2 is 2.30 bits per heavy atom. The third-order valence-electron chi connectivity index (χ3n) is 3.01. The van der Waals surface area contributed by atoms with Gasteiger partial charge in [-0.1, -0.05) is 31.5 Å². The first-order valence-electron chi connectivity index (χ1n) is 6.66. The minimum Gasteiger partial charge on any atom is -0.391 e. The molecule has 1 saturated heterocycles. The molecule has 0 unspecified atom stereocenters. The van der Waals surface area contributed by atoms with E-state index >= 15 is 0 Å². The van der Waals surface area contributed by atoms with Crippen LogP contribution in [0.1, 0.15) is 20.3 Å². The molecule has 0 saturated carbocycles. The predicted molar refractivity (Wildman–Crippen MR) is 83.7 cm³/mol. The number of amides is 2. The lowest BCUT2D eigenvalue weighted by molar-refractivity contribution is 0.176. The monoisotopic (exact) mass is 314 g/mol. The summed E-state index contributed by atoms with van der Waals surface area (Å²) in [6, 6.07) is 5.30. The van der Waals surface area contributed by atoms with E-state index in [0.29, 0.717) is 29.8 Å². The van der Waals surface area contributed by atoms with Crippen LogP contribution in [0.15, 0.2) is 23.1 Å². The molecule has 1 aromatic carbocycles. The molecule has 0 aliphatic carbocycles. The number of urea groups is 1. The molecule has 0 bridgehead atoms. The van der Waals surface area contributed by atoms with E-state index in [1.165, 1.54) is 0 Å². The van der Waals surface area contributed by atoms with Crippen LogP contribution in [0.3, 0.4) is 0 Å². The summed E-state index contributed by atoms with van der Waals surface area (Å²) in [4.78, 5) is 14.7. The van der Waals surface area contributed by atoms with Crippen molar-refractivity contribution in [3.8, 4) is 0 Å². The molecule has 1 atom stereocenters. The number of nitrogens with one attached hydrogen (secondary N) is 1. The number of benzene rings is 1. The third kappa shape index (κ3) is 3.81. The van der Waals surface area contributed by atoms with Crippen molar-refractivity contribution in [1.29, 1.82) is 0 Å². The molecule has 110 valence electrons. The number of anilines is 1.